The number of para-hydroxylation sites is 1. The second-order valence-corrected chi connectivity index (χ2v) is 5.61. The average molecular weight is 329 g/mol. The minimum absolute atomic E-state index is 0.0493. The lowest BCUT2D eigenvalue weighted by Crippen LogP contribution is -2.10. The molecule has 0 saturated carbocycles. The first kappa shape index (κ1) is 15.2. The highest BCUT2D eigenvalue weighted by molar-refractivity contribution is 7.10. The molecule has 0 aliphatic heterocycles. The molecule has 0 amide bonds. The Labute approximate surface area is 136 Å². The van der Waals surface area contributed by atoms with Crippen molar-refractivity contribution in [2.24, 2.45) is 0 Å². The zero-order valence-corrected chi connectivity index (χ0v) is 13.5. The van der Waals surface area contributed by atoms with E-state index in [9.17, 15) is 4.79 Å². The van der Waals surface area contributed by atoms with Crippen LogP contribution in [-0.2, 0) is 11.3 Å². The van der Waals surface area contributed by atoms with Crippen LogP contribution in [0.3, 0.4) is 0 Å². The predicted molar refractivity (Wildman–Crippen MR) is 89.5 cm³/mol. The van der Waals surface area contributed by atoms with Gasteiger partial charge in [0.15, 0.2) is 12.4 Å². The van der Waals surface area contributed by atoms with E-state index in [1.54, 1.807) is 14.0 Å². The molecule has 2 heterocycles. The molecule has 3 rings (SSSR count). The topological polar surface area (TPSA) is 103 Å². The first-order valence-electron chi connectivity index (χ1n) is 6.92. The van der Waals surface area contributed by atoms with E-state index in [1.807, 2.05) is 24.3 Å². The van der Waals surface area contributed by atoms with Crippen molar-refractivity contribution in [2.45, 2.75) is 13.5 Å². The lowest BCUT2D eigenvalue weighted by Gasteiger charge is -2.07. The number of carbonyl (C=O) groups is 1. The number of hydrogen-bond acceptors (Lipinski definition) is 8. The van der Waals surface area contributed by atoms with Gasteiger partial charge in [-0.1, -0.05) is 12.1 Å². The van der Waals surface area contributed by atoms with E-state index in [2.05, 4.69) is 19.7 Å². The number of aromatic nitrogens is 3. The molecular formula is C15H15N5O2S. The second-order valence-electron chi connectivity index (χ2n) is 4.84. The smallest absolute Gasteiger partial charge is 0.343 e. The van der Waals surface area contributed by atoms with Crippen LogP contribution in [0, 0.1) is 6.92 Å². The van der Waals surface area contributed by atoms with E-state index in [4.69, 9.17) is 10.5 Å². The van der Waals surface area contributed by atoms with Crippen molar-refractivity contribution in [2.75, 3.05) is 18.1 Å². The summed E-state index contributed by atoms with van der Waals surface area (Å²) in [6.07, 6.45) is 0. The summed E-state index contributed by atoms with van der Waals surface area (Å²) in [6.45, 7) is 1.71. The highest BCUT2D eigenvalue weighted by atomic mass is 32.1. The highest BCUT2D eigenvalue weighted by Gasteiger charge is 2.19. The largest absolute Gasteiger partial charge is 0.454 e. The molecule has 0 aliphatic rings. The number of rotatable bonds is 4. The molecular weight excluding hydrogens is 314 g/mol. The number of fused-ring (bicyclic) bond motifs is 1. The van der Waals surface area contributed by atoms with Crippen LogP contribution in [0.1, 0.15) is 21.9 Å². The number of ether oxygens (including phenoxy) is 1. The Morgan fingerprint density at radius 1 is 1.35 bits per heavy atom. The van der Waals surface area contributed by atoms with E-state index >= 15 is 0 Å². The Bertz CT molecular complexity index is 877. The van der Waals surface area contributed by atoms with Gasteiger partial charge in [-0.3, -0.25) is 0 Å². The lowest BCUT2D eigenvalue weighted by molar-refractivity contribution is 0.0463. The van der Waals surface area contributed by atoms with Gasteiger partial charge in [0, 0.05) is 12.4 Å². The zero-order chi connectivity index (χ0) is 16.4. The number of nitrogen functional groups attached to an aromatic ring is 1. The molecule has 8 heteroatoms. The third kappa shape index (κ3) is 2.93. The molecule has 0 bridgehead atoms. The fourth-order valence-corrected chi connectivity index (χ4v) is 2.93. The van der Waals surface area contributed by atoms with Gasteiger partial charge in [-0.25, -0.2) is 14.8 Å². The Morgan fingerprint density at radius 3 is 2.91 bits per heavy atom. The standard InChI is InChI=1S/C15H15N5O2S/c1-8-12(14(17-2)23-20-8)15(21)22-7-11-18-10-6-4-3-5-9(10)13(16)19-11/h3-6,17H,7H2,1-2H3,(H2,16,18,19). The van der Waals surface area contributed by atoms with Crippen LogP contribution in [0.2, 0.25) is 0 Å². The van der Waals surface area contributed by atoms with Gasteiger partial charge in [0.1, 0.15) is 16.4 Å². The van der Waals surface area contributed by atoms with Crippen LogP contribution in [0.5, 0.6) is 0 Å². The summed E-state index contributed by atoms with van der Waals surface area (Å²) in [5, 5.41) is 4.38. The van der Waals surface area contributed by atoms with E-state index in [-0.39, 0.29) is 6.61 Å². The number of anilines is 2. The molecule has 0 aliphatic carbocycles. The molecule has 1 aromatic carbocycles. The predicted octanol–water partition coefficient (Wildman–Crippen LogP) is 2.38. The molecule has 0 spiro atoms. The van der Waals surface area contributed by atoms with Gasteiger partial charge in [0.2, 0.25) is 0 Å². The fourth-order valence-electron chi connectivity index (χ4n) is 2.20. The van der Waals surface area contributed by atoms with Gasteiger partial charge in [-0.15, -0.1) is 0 Å². The minimum atomic E-state index is -0.462. The highest BCUT2D eigenvalue weighted by Crippen LogP contribution is 2.25. The normalized spacial score (nSPS) is 10.7. The van der Waals surface area contributed by atoms with Gasteiger partial charge in [0.25, 0.3) is 0 Å². The summed E-state index contributed by atoms with van der Waals surface area (Å²) in [5.41, 5.74) is 7.70. The van der Waals surface area contributed by atoms with Crippen LogP contribution >= 0.6 is 11.5 Å². The monoisotopic (exact) mass is 329 g/mol. The molecule has 3 N–H and O–H groups in total. The third-order valence-electron chi connectivity index (χ3n) is 3.31. The van der Waals surface area contributed by atoms with Gasteiger partial charge < -0.3 is 15.8 Å². The van der Waals surface area contributed by atoms with Crippen molar-refractivity contribution in [1.82, 2.24) is 14.3 Å². The Kier molecular flexibility index (Phi) is 4.07. The molecule has 7 nitrogen and oxygen atoms in total. The molecule has 0 saturated heterocycles. The zero-order valence-electron chi connectivity index (χ0n) is 12.7. The second kappa shape index (κ2) is 6.17. The van der Waals surface area contributed by atoms with Crippen molar-refractivity contribution in [3.8, 4) is 0 Å². The number of nitrogens with two attached hydrogens (primary N) is 1. The van der Waals surface area contributed by atoms with Crippen LogP contribution in [0.15, 0.2) is 24.3 Å². The average Bonchev–Trinajstić information content (AvgIpc) is 2.93. The summed E-state index contributed by atoms with van der Waals surface area (Å²) in [5.74, 6) is 0.267. The summed E-state index contributed by atoms with van der Waals surface area (Å²) in [4.78, 5) is 20.8. The first-order chi connectivity index (χ1) is 11.1. The van der Waals surface area contributed by atoms with Crippen molar-refractivity contribution in [3.63, 3.8) is 0 Å². The molecule has 0 atom stereocenters. The van der Waals surface area contributed by atoms with Crippen molar-refractivity contribution in [1.29, 1.82) is 0 Å². The van der Waals surface area contributed by atoms with Crippen LogP contribution in [0.4, 0.5) is 10.8 Å². The maximum absolute atomic E-state index is 12.2. The number of esters is 1. The van der Waals surface area contributed by atoms with E-state index in [0.717, 1.165) is 10.9 Å². The van der Waals surface area contributed by atoms with E-state index in [1.165, 1.54) is 11.5 Å². The summed E-state index contributed by atoms with van der Waals surface area (Å²) in [6, 6.07) is 7.42. The summed E-state index contributed by atoms with van der Waals surface area (Å²) in [7, 11) is 1.73. The Morgan fingerprint density at radius 2 is 2.13 bits per heavy atom. The van der Waals surface area contributed by atoms with Crippen molar-refractivity contribution >= 4 is 39.2 Å². The van der Waals surface area contributed by atoms with E-state index < -0.39 is 5.97 Å². The quantitative estimate of drug-likeness (QED) is 0.708. The van der Waals surface area contributed by atoms with Crippen LogP contribution < -0.4 is 11.1 Å². The van der Waals surface area contributed by atoms with Gasteiger partial charge >= 0.3 is 5.97 Å². The van der Waals surface area contributed by atoms with Crippen LogP contribution in [-0.4, -0.2) is 27.4 Å². The minimum Gasteiger partial charge on any atom is -0.454 e. The number of nitrogens with zero attached hydrogens (tertiary/aromatic N) is 3. The molecule has 118 valence electrons. The molecule has 3 aromatic rings. The van der Waals surface area contributed by atoms with E-state index in [0.29, 0.717) is 27.9 Å². The first-order valence-corrected chi connectivity index (χ1v) is 7.69. The molecule has 0 radical (unpaired) electrons. The number of aryl methyl sites for hydroxylation is 1. The van der Waals surface area contributed by atoms with Gasteiger partial charge in [-0.05, 0) is 30.6 Å². The lowest BCUT2D eigenvalue weighted by atomic mass is 10.2. The number of nitrogens with one attached hydrogen (secondary N) is 1. The van der Waals surface area contributed by atoms with Crippen LogP contribution in [0.25, 0.3) is 10.9 Å². The fraction of sp³-hybridized carbons (Fsp3) is 0.200. The Hall–Kier alpha value is -2.74. The van der Waals surface area contributed by atoms with Crippen molar-refractivity contribution in [3.05, 3.63) is 41.3 Å². The summed E-state index contributed by atoms with van der Waals surface area (Å²) < 4.78 is 9.45. The summed E-state index contributed by atoms with van der Waals surface area (Å²) >= 11 is 1.22. The van der Waals surface area contributed by atoms with Crippen molar-refractivity contribution < 1.29 is 9.53 Å². The number of hydrogen-bond donors (Lipinski definition) is 2. The maximum atomic E-state index is 12.2. The molecule has 23 heavy (non-hydrogen) atoms. The third-order valence-corrected chi connectivity index (χ3v) is 4.26. The number of benzene rings is 1. The molecule has 0 unspecified atom stereocenters. The molecule has 2 aromatic heterocycles. The Balaban J connectivity index is 1.80. The number of carbonyl (C=O) groups excluding carboxylic acids is 1. The van der Waals surface area contributed by atoms with Gasteiger partial charge in [0.05, 0.1) is 11.2 Å². The van der Waals surface area contributed by atoms with Gasteiger partial charge in [-0.2, -0.15) is 4.37 Å². The SMILES string of the molecule is CNc1snc(C)c1C(=O)OCc1nc(N)c2ccccc2n1. The molecule has 0 fully saturated rings. The maximum Gasteiger partial charge on any atom is 0.343 e.